The summed E-state index contributed by atoms with van der Waals surface area (Å²) in [4.78, 5) is 7.21. The van der Waals surface area contributed by atoms with E-state index in [1.165, 1.54) is 22.5 Å². The summed E-state index contributed by atoms with van der Waals surface area (Å²) in [5.41, 5.74) is 5.40. The Hall–Kier alpha value is -2.24. The lowest BCUT2D eigenvalue weighted by molar-refractivity contribution is 0.0289. The molecule has 0 unspecified atom stereocenters. The van der Waals surface area contributed by atoms with Crippen molar-refractivity contribution in [3.63, 3.8) is 0 Å². The normalized spacial score (nSPS) is 19.7. The van der Waals surface area contributed by atoms with Crippen molar-refractivity contribution in [3.8, 4) is 5.75 Å². The summed E-state index contributed by atoms with van der Waals surface area (Å²) in [7, 11) is 5.91. The molecule has 2 aromatic rings. The molecule has 5 heteroatoms. The number of fused-ring (bicyclic) bond motifs is 1. The maximum Gasteiger partial charge on any atom is 0.119 e. The number of rotatable bonds is 6. The molecular weight excluding hydrogens is 362 g/mol. The van der Waals surface area contributed by atoms with Crippen LogP contribution in [-0.4, -0.2) is 65.4 Å². The van der Waals surface area contributed by atoms with Gasteiger partial charge in [-0.05, 0) is 60.4 Å². The molecule has 0 spiro atoms. The Balaban J connectivity index is 1.30. The van der Waals surface area contributed by atoms with Crippen LogP contribution in [0.2, 0.25) is 0 Å². The molecule has 156 valence electrons. The van der Waals surface area contributed by atoms with Gasteiger partial charge in [0.25, 0.3) is 0 Å². The molecule has 2 aliphatic heterocycles. The molecule has 0 aliphatic carbocycles. The summed E-state index contributed by atoms with van der Waals surface area (Å²) in [5.74, 6) is 0.915. The molecule has 1 atom stereocenters. The third kappa shape index (κ3) is 4.68. The van der Waals surface area contributed by atoms with Crippen molar-refractivity contribution in [2.75, 3.05) is 70.3 Å². The maximum atomic E-state index is 6.15. The Labute approximate surface area is 174 Å². The van der Waals surface area contributed by atoms with Crippen LogP contribution in [0, 0.1) is 0 Å². The van der Waals surface area contributed by atoms with Crippen LogP contribution in [0.1, 0.15) is 23.7 Å². The number of methoxy groups -OCH3 is 1. The van der Waals surface area contributed by atoms with Crippen LogP contribution in [0.25, 0.3) is 0 Å². The van der Waals surface area contributed by atoms with Crippen molar-refractivity contribution in [1.29, 1.82) is 0 Å². The van der Waals surface area contributed by atoms with Crippen molar-refractivity contribution >= 4 is 11.4 Å². The molecular formula is C24H33N3O2. The van der Waals surface area contributed by atoms with Gasteiger partial charge in [0.1, 0.15) is 5.75 Å². The van der Waals surface area contributed by atoms with Gasteiger partial charge in [-0.1, -0.05) is 6.07 Å². The molecule has 2 heterocycles. The average molecular weight is 396 g/mol. The zero-order chi connectivity index (χ0) is 20.2. The predicted molar refractivity (Wildman–Crippen MR) is 119 cm³/mol. The second-order valence-corrected chi connectivity index (χ2v) is 8.20. The zero-order valence-electron chi connectivity index (χ0n) is 17.9. The number of hydrogen-bond acceptors (Lipinski definition) is 5. The van der Waals surface area contributed by atoms with Gasteiger partial charge in [0.2, 0.25) is 0 Å². The van der Waals surface area contributed by atoms with Gasteiger partial charge < -0.3 is 19.3 Å². The molecule has 0 radical (unpaired) electrons. The van der Waals surface area contributed by atoms with E-state index < -0.39 is 0 Å². The number of nitrogens with zero attached hydrogens (tertiary/aromatic N) is 3. The lowest BCUT2D eigenvalue weighted by Crippen LogP contribution is -2.46. The predicted octanol–water partition coefficient (Wildman–Crippen LogP) is 3.59. The standard InChI is InChI=1S/C24H33N3O2/c1-25(2)21-6-9-23-19(18-21)11-17-29-24(23)10-12-26-13-15-27(16-14-26)20-4-7-22(28-3)8-5-20/h4-9,18,24H,10-17H2,1-3H3/t24-/m0/s1. The Morgan fingerprint density at radius 3 is 2.48 bits per heavy atom. The Morgan fingerprint density at radius 2 is 1.79 bits per heavy atom. The van der Waals surface area contributed by atoms with E-state index in [0.717, 1.165) is 57.9 Å². The topological polar surface area (TPSA) is 28.2 Å². The van der Waals surface area contributed by atoms with Crippen molar-refractivity contribution in [3.05, 3.63) is 53.6 Å². The highest BCUT2D eigenvalue weighted by Crippen LogP contribution is 2.32. The number of hydrogen-bond donors (Lipinski definition) is 0. The Bertz CT molecular complexity index is 798. The van der Waals surface area contributed by atoms with Crippen LogP contribution in [0.4, 0.5) is 11.4 Å². The van der Waals surface area contributed by atoms with Crippen LogP contribution in [0.3, 0.4) is 0 Å². The number of ether oxygens (including phenoxy) is 2. The third-order valence-corrected chi connectivity index (χ3v) is 6.20. The lowest BCUT2D eigenvalue weighted by atomic mass is 9.94. The van der Waals surface area contributed by atoms with Crippen molar-refractivity contribution in [1.82, 2.24) is 4.90 Å². The van der Waals surface area contributed by atoms with E-state index in [2.05, 4.69) is 59.1 Å². The fourth-order valence-electron chi connectivity index (χ4n) is 4.36. The average Bonchev–Trinajstić information content (AvgIpc) is 2.77. The molecule has 5 nitrogen and oxygen atoms in total. The summed E-state index contributed by atoms with van der Waals surface area (Å²) in [6.45, 7) is 6.27. The molecule has 2 aliphatic rings. The maximum absolute atomic E-state index is 6.15. The summed E-state index contributed by atoms with van der Waals surface area (Å²) in [6.07, 6.45) is 2.32. The molecule has 0 bridgehead atoms. The highest BCUT2D eigenvalue weighted by molar-refractivity contribution is 5.51. The fourth-order valence-corrected chi connectivity index (χ4v) is 4.36. The molecule has 1 saturated heterocycles. The molecule has 29 heavy (non-hydrogen) atoms. The molecule has 1 fully saturated rings. The first-order valence-corrected chi connectivity index (χ1v) is 10.7. The minimum Gasteiger partial charge on any atom is -0.497 e. The van der Waals surface area contributed by atoms with E-state index >= 15 is 0 Å². The van der Waals surface area contributed by atoms with Crippen LogP contribution in [0.5, 0.6) is 5.75 Å². The highest BCUT2D eigenvalue weighted by atomic mass is 16.5. The number of piperazine rings is 1. The summed E-state index contributed by atoms with van der Waals surface area (Å²) < 4.78 is 11.4. The van der Waals surface area contributed by atoms with Gasteiger partial charge in [0.15, 0.2) is 0 Å². The molecule has 2 aromatic carbocycles. The quantitative estimate of drug-likeness (QED) is 0.745. The van der Waals surface area contributed by atoms with E-state index in [-0.39, 0.29) is 6.10 Å². The molecule has 0 N–H and O–H groups in total. The second kappa shape index (κ2) is 9.06. The van der Waals surface area contributed by atoms with Crippen molar-refractivity contribution in [2.45, 2.75) is 18.9 Å². The van der Waals surface area contributed by atoms with Gasteiger partial charge >= 0.3 is 0 Å². The van der Waals surface area contributed by atoms with Gasteiger partial charge in [-0.3, -0.25) is 4.90 Å². The summed E-state index contributed by atoms with van der Waals surface area (Å²) >= 11 is 0. The number of benzene rings is 2. The molecule has 0 amide bonds. The minimum atomic E-state index is 0.231. The van der Waals surface area contributed by atoms with Gasteiger partial charge in [-0.15, -0.1) is 0 Å². The Kier molecular flexibility index (Phi) is 6.26. The van der Waals surface area contributed by atoms with E-state index in [1.54, 1.807) is 7.11 Å². The van der Waals surface area contributed by atoms with E-state index in [9.17, 15) is 0 Å². The molecule has 0 saturated carbocycles. The van der Waals surface area contributed by atoms with Gasteiger partial charge in [-0.2, -0.15) is 0 Å². The van der Waals surface area contributed by atoms with Gasteiger partial charge in [0.05, 0.1) is 19.8 Å². The van der Waals surface area contributed by atoms with E-state index in [0.29, 0.717) is 0 Å². The van der Waals surface area contributed by atoms with Crippen LogP contribution in [-0.2, 0) is 11.2 Å². The second-order valence-electron chi connectivity index (χ2n) is 8.20. The summed E-state index contributed by atoms with van der Waals surface area (Å²) in [6, 6.07) is 15.2. The van der Waals surface area contributed by atoms with Gasteiger partial charge in [-0.25, -0.2) is 0 Å². The largest absolute Gasteiger partial charge is 0.497 e. The zero-order valence-corrected chi connectivity index (χ0v) is 17.9. The van der Waals surface area contributed by atoms with Crippen molar-refractivity contribution in [2.24, 2.45) is 0 Å². The smallest absolute Gasteiger partial charge is 0.119 e. The molecule has 4 rings (SSSR count). The number of anilines is 2. The SMILES string of the molecule is COc1ccc(N2CCN(CC[C@@H]3OCCc4cc(N(C)C)ccc43)CC2)cc1. The first-order valence-electron chi connectivity index (χ1n) is 10.7. The summed E-state index contributed by atoms with van der Waals surface area (Å²) in [5, 5.41) is 0. The van der Waals surface area contributed by atoms with Crippen LogP contribution < -0.4 is 14.5 Å². The van der Waals surface area contributed by atoms with Crippen LogP contribution in [0.15, 0.2) is 42.5 Å². The first-order chi connectivity index (χ1) is 14.1. The monoisotopic (exact) mass is 395 g/mol. The highest BCUT2D eigenvalue weighted by Gasteiger charge is 2.23. The first kappa shape index (κ1) is 20.0. The van der Waals surface area contributed by atoms with E-state index in [1.807, 2.05) is 12.1 Å². The van der Waals surface area contributed by atoms with Crippen LogP contribution >= 0.6 is 0 Å². The fraction of sp³-hybridized carbons (Fsp3) is 0.500. The van der Waals surface area contributed by atoms with E-state index in [4.69, 9.17) is 9.47 Å². The lowest BCUT2D eigenvalue weighted by Gasteiger charge is -2.37. The Morgan fingerprint density at radius 1 is 1.03 bits per heavy atom. The third-order valence-electron chi connectivity index (χ3n) is 6.20. The minimum absolute atomic E-state index is 0.231. The van der Waals surface area contributed by atoms with Gasteiger partial charge in [0, 0.05) is 58.2 Å². The van der Waals surface area contributed by atoms with Crippen molar-refractivity contribution < 1.29 is 9.47 Å². The molecule has 0 aromatic heterocycles.